The van der Waals surface area contributed by atoms with Crippen LogP contribution in [-0.2, 0) is 14.8 Å². The second-order valence-electron chi connectivity index (χ2n) is 3.25. The lowest BCUT2D eigenvalue weighted by Gasteiger charge is -2.22. The molecule has 0 bridgehead atoms. The first kappa shape index (κ1) is 16.6. The van der Waals surface area contributed by atoms with Crippen LogP contribution >= 0.6 is 0 Å². The molecular formula is C8H17F3N2O3S. The van der Waals surface area contributed by atoms with Gasteiger partial charge >= 0.3 is 6.18 Å². The maximum absolute atomic E-state index is 12.2. The molecule has 5 nitrogen and oxygen atoms in total. The molecule has 0 amide bonds. The van der Waals surface area contributed by atoms with E-state index >= 15 is 0 Å². The predicted molar refractivity (Wildman–Crippen MR) is 57.0 cm³/mol. The van der Waals surface area contributed by atoms with E-state index in [4.69, 9.17) is 10.5 Å². The van der Waals surface area contributed by atoms with Crippen LogP contribution in [-0.4, -0.2) is 57.5 Å². The summed E-state index contributed by atoms with van der Waals surface area (Å²) < 4.78 is 64.8. The summed E-state index contributed by atoms with van der Waals surface area (Å²) in [5, 5.41) is 0. The molecular weight excluding hydrogens is 261 g/mol. The standard InChI is InChI=1S/C8H17F3N2O3S/c1-2-16-5-6-17(14,15)13(4-3-12)7-8(9,10)11/h2-7,12H2,1H3. The van der Waals surface area contributed by atoms with Gasteiger partial charge in [-0.25, -0.2) is 8.42 Å². The largest absolute Gasteiger partial charge is 0.402 e. The predicted octanol–water partition coefficient (Wildman–Crippen LogP) is 0.176. The van der Waals surface area contributed by atoms with Crippen LogP contribution in [0, 0.1) is 0 Å². The van der Waals surface area contributed by atoms with Crippen molar-refractivity contribution in [1.29, 1.82) is 0 Å². The van der Waals surface area contributed by atoms with Crippen molar-refractivity contribution in [3.05, 3.63) is 0 Å². The van der Waals surface area contributed by atoms with Gasteiger partial charge in [-0.05, 0) is 6.92 Å². The number of sulfonamides is 1. The molecule has 0 aliphatic heterocycles. The van der Waals surface area contributed by atoms with E-state index in [0.29, 0.717) is 10.9 Å². The number of nitrogens with two attached hydrogens (primary N) is 1. The zero-order valence-corrected chi connectivity index (χ0v) is 10.4. The second kappa shape index (κ2) is 7.14. The third-order valence-electron chi connectivity index (χ3n) is 1.82. The highest BCUT2D eigenvalue weighted by atomic mass is 32.2. The molecule has 0 aromatic heterocycles. The molecule has 0 atom stereocenters. The Hall–Kier alpha value is -0.380. The summed E-state index contributed by atoms with van der Waals surface area (Å²) >= 11 is 0. The zero-order valence-electron chi connectivity index (χ0n) is 9.53. The van der Waals surface area contributed by atoms with Crippen molar-refractivity contribution in [1.82, 2.24) is 4.31 Å². The minimum Gasteiger partial charge on any atom is -0.381 e. The molecule has 9 heteroatoms. The number of hydrogen-bond acceptors (Lipinski definition) is 4. The van der Waals surface area contributed by atoms with Crippen LogP contribution < -0.4 is 5.73 Å². The van der Waals surface area contributed by atoms with E-state index in [9.17, 15) is 21.6 Å². The van der Waals surface area contributed by atoms with Crippen molar-refractivity contribution < 1.29 is 26.3 Å². The summed E-state index contributed by atoms with van der Waals surface area (Å²) in [5.74, 6) is -0.475. The average molecular weight is 278 g/mol. The zero-order chi connectivity index (χ0) is 13.5. The Balaban J connectivity index is 4.56. The van der Waals surface area contributed by atoms with E-state index in [1.807, 2.05) is 0 Å². The summed E-state index contributed by atoms with van der Waals surface area (Å²) in [4.78, 5) is 0. The Kier molecular flexibility index (Phi) is 6.98. The van der Waals surface area contributed by atoms with Gasteiger partial charge in [0.05, 0.1) is 12.4 Å². The van der Waals surface area contributed by atoms with Gasteiger partial charge in [0.1, 0.15) is 6.54 Å². The number of hydrogen-bond donors (Lipinski definition) is 1. The molecule has 104 valence electrons. The number of ether oxygens (including phenoxy) is 1. The van der Waals surface area contributed by atoms with Crippen molar-refractivity contribution in [2.24, 2.45) is 5.73 Å². The highest BCUT2D eigenvalue weighted by molar-refractivity contribution is 7.89. The van der Waals surface area contributed by atoms with E-state index in [-0.39, 0.29) is 19.7 Å². The first-order valence-electron chi connectivity index (χ1n) is 5.05. The van der Waals surface area contributed by atoms with E-state index < -0.39 is 28.5 Å². The molecule has 0 rings (SSSR count). The van der Waals surface area contributed by atoms with Crippen LogP contribution in [0.3, 0.4) is 0 Å². The smallest absolute Gasteiger partial charge is 0.381 e. The lowest BCUT2D eigenvalue weighted by molar-refractivity contribution is -0.136. The van der Waals surface area contributed by atoms with Gasteiger partial charge in [0, 0.05) is 19.7 Å². The molecule has 0 fully saturated rings. The van der Waals surface area contributed by atoms with Gasteiger partial charge in [0.2, 0.25) is 10.0 Å². The maximum Gasteiger partial charge on any atom is 0.402 e. The highest BCUT2D eigenvalue weighted by Crippen LogP contribution is 2.18. The van der Waals surface area contributed by atoms with Crippen LogP contribution in [0.2, 0.25) is 0 Å². The monoisotopic (exact) mass is 278 g/mol. The third kappa shape index (κ3) is 7.53. The Bertz CT molecular complexity index is 306. The van der Waals surface area contributed by atoms with Gasteiger partial charge in [-0.15, -0.1) is 0 Å². The molecule has 2 N–H and O–H groups in total. The van der Waals surface area contributed by atoms with Crippen LogP contribution in [0.15, 0.2) is 0 Å². The molecule has 0 heterocycles. The van der Waals surface area contributed by atoms with E-state index in [1.165, 1.54) is 0 Å². The van der Waals surface area contributed by atoms with Crippen LogP contribution in [0.1, 0.15) is 6.92 Å². The molecule has 0 unspecified atom stereocenters. The summed E-state index contributed by atoms with van der Waals surface area (Å²) in [5.41, 5.74) is 5.10. The van der Waals surface area contributed by atoms with Crippen molar-refractivity contribution >= 4 is 10.0 Å². The Morgan fingerprint density at radius 1 is 1.35 bits per heavy atom. The minimum atomic E-state index is -4.58. The SMILES string of the molecule is CCOCCS(=O)(=O)N(CCN)CC(F)(F)F. The van der Waals surface area contributed by atoms with E-state index in [2.05, 4.69) is 0 Å². The molecule has 0 aliphatic carbocycles. The number of rotatable bonds is 8. The third-order valence-corrected chi connectivity index (χ3v) is 3.60. The number of alkyl halides is 3. The molecule has 0 aromatic carbocycles. The van der Waals surface area contributed by atoms with Gasteiger partial charge in [-0.1, -0.05) is 0 Å². The van der Waals surface area contributed by atoms with Crippen LogP contribution in [0.4, 0.5) is 13.2 Å². The fraction of sp³-hybridized carbons (Fsp3) is 1.00. The summed E-state index contributed by atoms with van der Waals surface area (Å²) in [6.45, 7) is -0.181. The van der Waals surface area contributed by atoms with E-state index in [1.54, 1.807) is 6.92 Å². The fourth-order valence-electron chi connectivity index (χ4n) is 1.10. The highest BCUT2D eigenvalue weighted by Gasteiger charge is 2.35. The Morgan fingerprint density at radius 2 is 1.94 bits per heavy atom. The lowest BCUT2D eigenvalue weighted by atomic mass is 10.5. The molecule has 0 spiro atoms. The molecule has 0 saturated carbocycles. The van der Waals surface area contributed by atoms with Crippen LogP contribution in [0.5, 0.6) is 0 Å². The fourth-order valence-corrected chi connectivity index (χ4v) is 2.41. The van der Waals surface area contributed by atoms with Gasteiger partial charge in [0.25, 0.3) is 0 Å². The average Bonchev–Trinajstić information content (AvgIpc) is 2.15. The lowest BCUT2D eigenvalue weighted by Crippen LogP contribution is -2.43. The van der Waals surface area contributed by atoms with Gasteiger partial charge in [0.15, 0.2) is 0 Å². The first-order chi connectivity index (χ1) is 7.73. The summed E-state index contributed by atoms with van der Waals surface area (Å²) in [6.07, 6.45) is -4.58. The molecule has 0 saturated heterocycles. The van der Waals surface area contributed by atoms with Gasteiger partial charge in [-0.3, -0.25) is 0 Å². The summed E-state index contributed by atoms with van der Waals surface area (Å²) in [7, 11) is -3.98. The minimum absolute atomic E-state index is 0.127. The van der Waals surface area contributed by atoms with Crippen molar-refractivity contribution in [3.8, 4) is 0 Å². The van der Waals surface area contributed by atoms with Gasteiger partial charge < -0.3 is 10.5 Å². The van der Waals surface area contributed by atoms with Crippen molar-refractivity contribution in [3.63, 3.8) is 0 Å². The molecule has 0 aromatic rings. The normalized spacial score (nSPS) is 13.3. The van der Waals surface area contributed by atoms with Crippen molar-refractivity contribution in [2.45, 2.75) is 13.1 Å². The first-order valence-corrected chi connectivity index (χ1v) is 6.66. The van der Waals surface area contributed by atoms with Crippen LogP contribution in [0.25, 0.3) is 0 Å². The van der Waals surface area contributed by atoms with Crippen molar-refractivity contribution in [2.75, 3.05) is 38.6 Å². The number of nitrogens with zero attached hydrogens (tertiary/aromatic N) is 1. The quantitative estimate of drug-likeness (QED) is 0.643. The molecule has 0 aliphatic rings. The Labute approximate surface area is 98.8 Å². The van der Waals surface area contributed by atoms with Gasteiger partial charge in [-0.2, -0.15) is 17.5 Å². The molecule has 0 radical (unpaired) electrons. The maximum atomic E-state index is 12.2. The Morgan fingerprint density at radius 3 is 2.35 bits per heavy atom. The molecule has 17 heavy (non-hydrogen) atoms. The van der Waals surface area contributed by atoms with E-state index in [0.717, 1.165) is 0 Å². The summed E-state index contributed by atoms with van der Waals surface area (Å²) in [6, 6.07) is 0. The second-order valence-corrected chi connectivity index (χ2v) is 5.34. The topological polar surface area (TPSA) is 72.6 Å². The number of halogens is 3.